The van der Waals surface area contributed by atoms with Crippen LogP contribution in [0.15, 0.2) is 18.2 Å². The van der Waals surface area contributed by atoms with Crippen LogP contribution >= 0.6 is 0 Å². The maximum atomic E-state index is 11.5. The van der Waals surface area contributed by atoms with E-state index in [1.165, 1.54) is 19.3 Å². The van der Waals surface area contributed by atoms with Crippen LogP contribution in [-0.4, -0.2) is 29.2 Å². The van der Waals surface area contributed by atoms with Gasteiger partial charge in [0.1, 0.15) is 11.4 Å². The predicted molar refractivity (Wildman–Crippen MR) is 101 cm³/mol. The van der Waals surface area contributed by atoms with E-state index in [-0.39, 0.29) is 17.1 Å². The number of anilines is 1. The van der Waals surface area contributed by atoms with Crippen molar-refractivity contribution in [3.8, 4) is 5.75 Å². The van der Waals surface area contributed by atoms with Gasteiger partial charge in [-0.15, -0.1) is 0 Å². The normalized spacial score (nSPS) is 22.2. The van der Waals surface area contributed by atoms with E-state index < -0.39 is 10.9 Å². The number of methoxy groups -OCH3 is 1. The molecule has 0 saturated heterocycles. The van der Waals surface area contributed by atoms with Crippen LogP contribution in [0.4, 0.5) is 11.4 Å². The van der Waals surface area contributed by atoms with Gasteiger partial charge in [0.05, 0.1) is 12.0 Å². The number of nitro groups is 1. The van der Waals surface area contributed by atoms with E-state index >= 15 is 0 Å². The van der Waals surface area contributed by atoms with Crippen molar-refractivity contribution < 1.29 is 19.6 Å². The molecule has 1 aliphatic rings. The number of aliphatic carboxylic acids is 1. The van der Waals surface area contributed by atoms with Crippen LogP contribution in [0, 0.1) is 21.4 Å². The summed E-state index contributed by atoms with van der Waals surface area (Å²) >= 11 is 0. The molecule has 0 aromatic heterocycles. The van der Waals surface area contributed by atoms with Gasteiger partial charge in [0.25, 0.3) is 5.69 Å². The fourth-order valence-corrected chi connectivity index (χ4v) is 4.00. The summed E-state index contributed by atoms with van der Waals surface area (Å²) in [5.41, 5.74) is 0.837. The molecule has 26 heavy (non-hydrogen) atoms. The average molecular weight is 362 g/mol. The van der Waals surface area contributed by atoms with Crippen molar-refractivity contribution in [1.29, 1.82) is 0 Å². The molecule has 0 amide bonds. The van der Waals surface area contributed by atoms with Crippen molar-refractivity contribution in [3.63, 3.8) is 0 Å². The smallest absolute Gasteiger partial charge is 0.328 e. The van der Waals surface area contributed by atoms with Gasteiger partial charge in [-0.2, -0.15) is 0 Å². The number of benzene rings is 1. The van der Waals surface area contributed by atoms with E-state index in [2.05, 4.69) is 26.1 Å². The summed E-state index contributed by atoms with van der Waals surface area (Å²) in [6, 6.07) is 3.06. The van der Waals surface area contributed by atoms with Gasteiger partial charge in [-0.25, -0.2) is 4.79 Å². The Morgan fingerprint density at radius 2 is 2.12 bits per heavy atom. The first-order valence-electron chi connectivity index (χ1n) is 8.65. The molecule has 1 aliphatic carbocycles. The molecule has 0 spiro atoms. The summed E-state index contributed by atoms with van der Waals surface area (Å²) in [5.74, 6) is -0.205. The second-order valence-electron chi connectivity index (χ2n) is 7.79. The fourth-order valence-electron chi connectivity index (χ4n) is 4.00. The van der Waals surface area contributed by atoms with Gasteiger partial charge in [-0.3, -0.25) is 10.1 Å². The van der Waals surface area contributed by atoms with Gasteiger partial charge >= 0.3 is 5.97 Å². The van der Waals surface area contributed by atoms with Crippen LogP contribution in [0.5, 0.6) is 5.75 Å². The van der Waals surface area contributed by atoms with Crippen molar-refractivity contribution in [1.82, 2.24) is 0 Å². The molecule has 1 aromatic rings. The second-order valence-corrected chi connectivity index (χ2v) is 7.79. The van der Waals surface area contributed by atoms with Gasteiger partial charge in [-0.1, -0.05) is 20.8 Å². The number of hydrogen-bond acceptors (Lipinski definition) is 5. The molecule has 0 bridgehead atoms. The lowest BCUT2D eigenvalue weighted by Gasteiger charge is -2.39. The first kappa shape index (κ1) is 19.8. The Kier molecular flexibility index (Phi) is 5.90. The summed E-state index contributed by atoms with van der Waals surface area (Å²) in [7, 11) is 1.45. The molecule has 1 aromatic carbocycles. The summed E-state index contributed by atoms with van der Waals surface area (Å²) in [5, 5.41) is 23.6. The Labute approximate surface area is 153 Å². The number of carboxylic acid groups (broad SMARTS) is 1. The van der Waals surface area contributed by atoms with E-state index in [9.17, 15) is 14.9 Å². The minimum Gasteiger partial charge on any atom is -0.496 e. The van der Waals surface area contributed by atoms with Crippen molar-refractivity contribution in [2.75, 3.05) is 12.4 Å². The zero-order valence-corrected chi connectivity index (χ0v) is 15.6. The Balaban J connectivity index is 2.38. The van der Waals surface area contributed by atoms with Gasteiger partial charge in [-0.05, 0) is 36.7 Å². The highest BCUT2D eigenvalue weighted by molar-refractivity contribution is 5.86. The van der Waals surface area contributed by atoms with Gasteiger partial charge in [0.15, 0.2) is 0 Å². The molecule has 2 N–H and O–H groups in total. The maximum Gasteiger partial charge on any atom is 0.328 e. The number of nitrogens with one attached hydrogen (secondary N) is 1. The molecule has 2 rings (SSSR count). The third-order valence-corrected chi connectivity index (χ3v) is 4.70. The molecule has 142 valence electrons. The van der Waals surface area contributed by atoms with E-state index in [0.29, 0.717) is 22.9 Å². The van der Waals surface area contributed by atoms with Gasteiger partial charge in [0, 0.05) is 29.8 Å². The lowest BCUT2D eigenvalue weighted by molar-refractivity contribution is -0.384. The van der Waals surface area contributed by atoms with Crippen molar-refractivity contribution >= 4 is 23.4 Å². The summed E-state index contributed by atoms with van der Waals surface area (Å²) < 4.78 is 5.30. The first-order chi connectivity index (χ1) is 12.1. The highest BCUT2D eigenvalue weighted by Crippen LogP contribution is 2.41. The zero-order valence-electron chi connectivity index (χ0n) is 15.6. The highest BCUT2D eigenvalue weighted by Gasteiger charge is 2.33. The average Bonchev–Trinajstić information content (AvgIpc) is 2.50. The third kappa shape index (κ3) is 4.97. The number of hydrogen-bond donors (Lipinski definition) is 2. The van der Waals surface area contributed by atoms with E-state index in [1.54, 1.807) is 6.07 Å². The number of nitro benzene ring substituents is 1. The van der Waals surface area contributed by atoms with Crippen LogP contribution in [0.3, 0.4) is 0 Å². The highest BCUT2D eigenvalue weighted by atomic mass is 16.6. The Morgan fingerprint density at radius 1 is 1.42 bits per heavy atom. The van der Waals surface area contributed by atoms with Crippen LogP contribution in [-0.2, 0) is 4.79 Å². The minimum atomic E-state index is -1.13. The van der Waals surface area contributed by atoms with Crippen LogP contribution in [0.1, 0.15) is 45.6 Å². The largest absolute Gasteiger partial charge is 0.496 e. The molecule has 2 atom stereocenters. The van der Waals surface area contributed by atoms with Crippen LogP contribution in [0.2, 0.25) is 0 Å². The summed E-state index contributed by atoms with van der Waals surface area (Å²) in [6.07, 6.45) is 5.24. The molecule has 0 heterocycles. The predicted octanol–water partition coefficient (Wildman–Crippen LogP) is 4.33. The lowest BCUT2D eigenvalue weighted by atomic mass is 9.70. The third-order valence-electron chi connectivity index (χ3n) is 4.70. The van der Waals surface area contributed by atoms with Crippen molar-refractivity contribution in [2.45, 2.75) is 46.1 Å². The number of nitrogens with zero attached hydrogens (tertiary/aromatic N) is 1. The maximum absolute atomic E-state index is 11.5. The zero-order chi connectivity index (χ0) is 19.5. The van der Waals surface area contributed by atoms with E-state index in [0.717, 1.165) is 25.3 Å². The second kappa shape index (κ2) is 7.76. The Hall–Kier alpha value is -2.57. The number of rotatable bonds is 6. The molecule has 0 aliphatic heterocycles. The molecular formula is C19H26N2O5. The quantitative estimate of drug-likeness (QED) is 0.444. The minimum absolute atomic E-state index is 0.0909. The fraction of sp³-hybridized carbons (Fsp3) is 0.526. The van der Waals surface area contributed by atoms with Gasteiger partial charge < -0.3 is 15.2 Å². The molecule has 7 nitrogen and oxygen atoms in total. The topological polar surface area (TPSA) is 102 Å². The molecule has 1 saturated carbocycles. The SMILES string of the molecule is COc1cc(N[C@H]2C[C@@H](C)CC(C)(C)C2)c([N+](=O)[O-])cc1/C=C/C(=O)O. The lowest BCUT2D eigenvalue weighted by Crippen LogP contribution is -2.35. The number of carbonyl (C=O) groups is 1. The Bertz CT molecular complexity index is 727. The molecule has 7 heteroatoms. The Morgan fingerprint density at radius 3 is 2.65 bits per heavy atom. The summed E-state index contributed by atoms with van der Waals surface area (Å²) in [4.78, 5) is 21.8. The van der Waals surface area contributed by atoms with Crippen molar-refractivity contribution in [2.24, 2.45) is 11.3 Å². The number of ether oxygens (including phenoxy) is 1. The van der Waals surface area contributed by atoms with Crippen LogP contribution < -0.4 is 10.1 Å². The molecule has 0 radical (unpaired) electrons. The van der Waals surface area contributed by atoms with Crippen molar-refractivity contribution in [3.05, 3.63) is 33.9 Å². The van der Waals surface area contributed by atoms with E-state index in [4.69, 9.17) is 9.84 Å². The summed E-state index contributed by atoms with van der Waals surface area (Å²) in [6.45, 7) is 6.63. The van der Waals surface area contributed by atoms with Gasteiger partial charge in [0.2, 0.25) is 0 Å². The number of carboxylic acids is 1. The monoisotopic (exact) mass is 362 g/mol. The molecule has 1 fully saturated rings. The van der Waals surface area contributed by atoms with E-state index in [1.807, 2.05) is 0 Å². The first-order valence-corrected chi connectivity index (χ1v) is 8.65. The van der Waals surface area contributed by atoms with Crippen LogP contribution in [0.25, 0.3) is 6.08 Å². The molecule has 0 unspecified atom stereocenters. The standard InChI is InChI=1S/C19H26N2O5/c1-12-7-14(11-19(2,3)10-12)20-15-9-17(26-4)13(5-6-18(22)23)8-16(15)21(24)25/h5-6,8-9,12,14,20H,7,10-11H2,1-4H3,(H,22,23)/b6-5+/t12-,14+/m1/s1. The molecular weight excluding hydrogens is 336 g/mol.